The van der Waals surface area contributed by atoms with E-state index in [9.17, 15) is 13.2 Å². The summed E-state index contributed by atoms with van der Waals surface area (Å²) in [6.07, 6.45) is 3.48. The number of hydrogen-bond donors (Lipinski definition) is 1. The minimum atomic E-state index is -1.45. The summed E-state index contributed by atoms with van der Waals surface area (Å²) in [5.74, 6) is -2.99. The quantitative estimate of drug-likeness (QED) is 0.851. The topological polar surface area (TPSA) is 29.9 Å². The Hall–Kier alpha value is -1.98. The van der Waals surface area contributed by atoms with Crippen LogP contribution < -0.4 is 5.32 Å². The maximum absolute atomic E-state index is 12.9. The van der Waals surface area contributed by atoms with Gasteiger partial charge in [0.15, 0.2) is 17.5 Å². The number of rotatable bonds is 4. The third kappa shape index (κ3) is 2.64. The van der Waals surface area contributed by atoms with Crippen LogP contribution in [0.2, 0.25) is 0 Å². The van der Waals surface area contributed by atoms with Crippen molar-refractivity contribution in [1.82, 2.24) is 9.55 Å². The van der Waals surface area contributed by atoms with Crippen molar-refractivity contribution in [1.29, 1.82) is 0 Å². The normalized spacial score (nSPS) is 10.7. The summed E-state index contributed by atoms with van der Waals surface area (Å²) in [7, 11) is 0. The second kappa shape index (κ2) is 5.12. The molecule has 0 radical (unpaired) electrons. The zero-order valence-corrected chi connectivity index (χ0v) is 9.75. The van der Waals surface area contributed by atoms with Gasteiger partial charge in [-0.2, -0.15) is 0 Å². The monoisotopic (exact) mass is 255 g/mol. The molecule has 0 aliphatic rings. The van der Waals surface area contributed by atoms with E-state index in [-0.39, 0.29) is 5.69 Å². The third-order valence-corrected chi connectivity index (χ3v) is 2.59. The molecule has 0 spiro atoms. The van der Waals surface area contributed by atoms with E-state index in [2.05, 4.69) is 10.3 Å². The smallest absolute Gasteiger partial charge is 0.194 e. The molecule has 0 saturated carbocycles. The fourth-order valence-corrected chi connectivity index (χ4v) is 1.62. The molecule has 96 valence electrons. The molecule has 18 heavy (non-hydrogen) atoms. The fourth-order valence-electron chi connectivity index (χ4n) is 1.62. The summed E-state index contributed by atoms with van der Waals surface area (Å²) < 4.78 is 40.5. The first-order valence-corrected chi connectivity index (χ1v) is 5.44. The van der Waals surface area contributed by atoms with E-state index < -0.39 is 17.5 Å². The highest BCUT2D eigenvalue weighted by Crippen LogP contribution is 2.17. The Balaban J connectivity index is 1.97. The van der Waals surface area contributed by atoms with Crippen LogP contribution in [0, 0.1) is 24.4 Å². The molecule has 0 fully saturated rings. The van der Waals surface area contributed by atoms with Crippen LogP contribution in [0.25, 0.3) is 0 Å². The molecule has 2 rings (SSSR count). The van der Waals surface area contributed by atoms with Crippen LogP contribution in [0.4, 0.5) is 18.9 Å². The van der Waals surface area contributed by atoms with Crippen molar-refractivity contribution in [2.24, 2.45) is 0 Å². The zero-order chi connectivity index (χ0) is 13.1. The first-order valence-electron chi connectivity index (χ1n) is 5.44. The number of aromatic nitrogens is 2. The Morgan fingerprint density at radius 3 is 2.44 bits per heavy atom. The van der Waals surface area contributed by atoms with E-state index in [1.807, 2.05) is 17.7 Å². The Bertz CT molecular complexity index is 528. The molecule has 2 aromatic rings. The van der Waals surface area contributed by atoms with Gasteiger partial charge in [-0.25, -0.2) is 18.2 Å². The lowest BCUT2D eigenvalue weighted by Gasteiger charge is -2.09. The number of nitrogens with zero attached hydrogens (tertiary/aromatic N) is 2. The summed E-state index contributed by atoms with van der Waals surface area (Å²) in [6.45, 7) is 2.92. The highest BCUT2D eigenvalue weighted by Gasteiger charge is 2.10. The average Bonchev–Trinajstić information content (AvgIpc) is 2.72. The summed E-state index contributed by atoms with van der Waals surface area (Å²) in [5.41, 5.74) is 0.212. The largest absolute Gasteiger partial charge is 0.383 e. The van der Waals surface area contributed by atoms with Crippen LogP contribution in [0.15, 0.2) is 24.5 Å². The van der Waals surface area contributed by atoms with Gasteiger partial charge in [-0.3, -0.25) is 0 Å². The molecule has 1 heterocycles. The summed E-state index contributed by atoms with van der Waals surface area (Å²) >= 11 is 0. The van der Waals surface area contributed by atoms with E-state index in [0.717, 1.165) is 18.0 Å². The van der Waals surface area contributed by atoms with Crippen LogP contribution in [-0.4, -0.2) is 16.1 Å². The predicted octanol–water partition coefficient (Wildman–Crippen LogP) is 2.72. The summed E-state index contributed by atoms with van der Waals surface area (Å²) in [5, 5.41) is 2.82. The van der Waals surface area contributed by atoms with E-state index in [1.165, 1.54) is 0 Å². The second-order valence-electron chi connectivity index (χ2n) is 3.85. The van der Waals surface area contributed by atoms with Gasteiger partial charge in [0.2, 0.25) is 0 Å². The molecule has 6 heteroatoms. The Labute approximate surface area is 102 Å². The molecular formula is C12H12F3N3. The van der Waals surface area contributed by atoms with Crippen molar-refractivity contribution in [2.45, 2.75) is 13.5 Å². The number of benzene rings is 1. The van der Waals surface area contributed by atoms with Crippen molar-refractivity contribution < 1.29 is 13.2 Å². The molecule has 0 unspecified atom stereocenters. The van der Waals surface area contributed by atoms with Crippen LogP contribution in [-0.2, 0) is 6.54 Å². The summed E-state index contributed by atoms with van der Waals surface area (Å²) in [6, 6.07) is 1.86. The molecule has 0 amide bonds. The first-order chi connectivity index (χ1) is 8.58. The second-order valence-corrected chi connectivity index (χ2v) is 3.85. The Kier molecular flexibility index (Phi) is 3.55. The predicted molar refractivity (Wildman–Crippen MR) is 61.8 cm³/mol. The maximum atomic E-state index is 12.9. The lowest BCUT2D eigenvalue weighted by Crippen LogP contribution is -2.11. The van der Waals surface area contributed by atoms with Gasteiger partial charge in [-0.15, -0.1) is 0 Å². The SMILES string of the molecule is Cc1nccn1CCNc1cc(F)c(F)c(F)c1. The van der Waals surface area contributed by atoms with Crippen LogP contribution in [0.1, 0.15) is 5.82 Å². The number of nitrogens with one attached hydrogen (secondary N) is 1. The maximum Gasteiger partial charge on any atom is 0.194 e. The van der Waals surface area contributed by atoms with Crippen molar-refractivity contribution in [2.75, 3.05) is 11.9 Å². The highest BCUT2D eigenvalue weighted by atomic mass is 19.2. The van der Waals surface area contributed by atoms with Gasteiger partial charge in [-0.05, 0) is 6.92 Å². The van der Waals surface area contributed by atoms with Crippen molar-refractivity contribution in [3.63, 3.8) is 0 Å². The van der Waals surface area contributed by atoms with Crippen molar-refractivity contribution in [3.8, 4) is 0 Å². The molecule has 0 bridgehead atoms. The molecule has 0 aliphatic carbocycles. The van der Waals surface area contributed by atoms with Crippen molar-refractivity contribution in [3.05, 3.63) is 47.8 Å². The van der Waals surface area contributed by atoms with E-state index in [4.69, 9.17) is 0 Å². The minimum Gasteiger partial charge on any atom is -0.383 e. The first kappa shape index (κ1) is 12.5. The van der Waals surface area contributed by atoms with Gasteiger partial charge >= 0.3 is 0 Å². The summed E-state index contributed by atoms with van der Waals surface area (Å²) in [4.78, 5) is 4.05. The van der Waals surface area contributed by atoms with Crippen LogP contribution in [0.5, 0.6) is 0 Å². The molecule has 0 aliphatic heterocycles. The number of aryl methyl sites for hydroxylation is 1. The lowest BCUT2D eigenvalue weighted by atomic mass is 10.3. The van der Waals surface area contributed by atoms with Crippen molar-refractivity contribution >= 4 is 5.69 Å². The lowest BCUT2D eigenvalue weighted by molar-refractivity contribution is 0.447. The van der Waals surface area contributed by atoms with Gasteiger partial charge < -0.3 is 9.88 Å². The molecular weight excluding hydrogens is 243 g/mol. The number of anilines is 1. The number of halogens is 3. The number of imidazole rings is 1. The number of hydrogen-bond acceptors (Lipinski definition) is 2. The van der Waals surface area contributed by atoms with Gasteiger partial charge in [0.1, 0.15) is 5.82 Å². The fraction of sp³-hybridized carbons (Fsp3) is 0.250. The van der Waals surface area contributed by atoms with Crippen LogP contribution in [0.3, 0.4) is 0 Å². The van der Waals surface area contributed by atoms with Gasteiger partial charge in [0, 0.05) is 43.3 Å². The van der Waals surface area contributed by atoms with Gasteiger partial charge in [-0.1, -0.05) is 0 Å². The Morgan fingerprint density at radius 1 is 1.22 bits per heavy atom. The Morgan fingerprint density at radius 2 is 1.89 bits per heavy atom. The van der Waals surface area contributed by atoms with Gasteiger partial charge in [0.25, 0.3) is 0 Å². The zero-order valence-electron chi connectivity index (χ0n) is 9.75. The minimum absolute atomic E-state index is 0.212. The molecule has 1 N–H and O–H groups in total. The average molecular weight is 255 g/mol. The standard InChI is InChI=1S/C12H12F3N3/c1-8-16-2-4-18(8)5-3-17-9-6-10(13)12(15)11(14)7-9/h2,4,6-7,17H,3,5H2,1H3. The van der Waals surface area contributed by atoms with Crippen LogP contribution >= 0.6 is 0 Å². The highest BCUT2D eigenvalue weighted by molar-refractivity contribution is 5.43. The van der Waals surface area contributed by atoms with E-state index >= 15 is 0 Å². The molecule has 3 nitrogen and oxygen atoms in total. The van der Waals surface area contributed by atoms with Gasteiger partial charge in [0.05, 0.1) is 0 Å². The van der Waals surface area contributed by atoms with E-state index in [1.54, 1.807) is 6.20 Å². The molecule has 0 atom stereocenters. The molecule has 1 aromatic carbocycles. The third-order valence-electron chi connectivity index (χ3n) is 2.59. The molecule has 0 saturated heterocycles. The van der Waals surface area contributed by atoms with E-state index in [0.29, 0.717) is 13.1 Å². The molecule has 1 aromatic heterocycles.